The SMILES string of the molecule is CN(C)CCCN(C)C(=O)c1c(OCc2ccccc2)c(=O)ccn1C. The standard InChI is InChI=1S/C20H27N3O3/c1-21(2)12-8-13-23(4)20(25)18-19(17(24)11-14-22(18)3)26-15-16-9-6-5-7-10-16/h5-7,9-11,14H,8,12-13,15H2,1-4H3. The molecular weight excluding hydrogens is 330 g/mol. The zero-order valence-electron chi connectivity index (χ0n) is 15.9. The van der Waals surface area contributed by atoms with Crippen LogP contribution in [-0.2, 0) is 13.7 Å². The zero-order valence-corrected chi connectivity index (χ0v) is 15.9. The van der Waals surface area contributed by atoms with Crippen molar-refractivity contribution in [3.8, 4) is 5.75 Å². The van der Waals surface area contributed by atoms with Gasteiger partial charge in [-0.25, -0.2) is 0 Å². The van der Waals surface area contributed by atoms with E-state index in [-0.39, 0.29) is 29.4 Å². The van der Waals surface area contributed by atoms with Gasteiger partial charge in [-0.3, -0.25) is 9.59 Å². The van der Waals surface area contributed by atoms with Gasteiger partial charge in [-0.2, -0.15) is 0 Å². The highest BCUT2D eigenvalue weighted by Crippen LogP contribution is 2.16. The lowest BCUT2D eigenvalue weighted by Crippen LogP contribution is -2.33. The molecule has 0 aliphatic carbocycles. The molecular formula is C20H27N3O3. The van der Waals surface area contributed by atoms with Gasteiger partial charge in [-0.1, -0.05) is 30.3 Å². The molecule has 6 nitrogen and oxygen atoms in total. The van der Waals surface area contributed by atoms with Crippen molar-refractivity contribution in [2.75, 3.05) is 34.2 Å². The van der Waals surface area contributed by atoms with E-state index in [0.717, 1.165) is 18.5 Å². The summed E-state index contributed by atoms with van der Waals surface area (Å²) in [6.07, 6.45) is 2.45. The number of pyridine rings is 1. The predicted molar refractivity (Wildman–Crippen MR) is 103 cm³/mol. The third-order valence-electron chi connectivity index (χ3n) is 4.12. The van der Waals surface area contributed by atoms with E-state index in [1.807, 2.05) is 44.4 Å². The third kappa shape index (κ3) is 5.20. The molecule has 1 aromatic heterocycles. The Kier molecular flexibility index (Phi) is 6.97. The Morgan fingerprint density at radius 3 is 2.42 bits per heavy atom. The highest BCUT2D eigenvalue weighted by molar-refractivity contribution is 5.95. The van der Waals surface area contributed by atoms with E-state index < -0.39 is 0 Å². The van der Waals surface area contributed by atoms with Crippen LogP contribution < -0.4 is 10.2 Å². The normalized spacial score (nSPS) is 10.8. The van der Waals surface area contributed by atoms with Gasteiger partial charge in [0.15, 0.2) is 11.4 Å². The number of rotatable bonds is 8. The van der Waals surface area contributed by atoms with Crippen LogP contribution in [0.15, 0.2) is 47.4 Å². The maximum Gasteiger partial charge on any atom is 0.274 e. The van der Waals surface area contributed by atoms with Crippen LogP contribution in [0.3, 0.4) is 0 Å². The van der Waals surface area contributed by atoms with Crippen LogP contribution >= 0.6 is 0 Å². The first-order valence-corrected chi connectivity index (χ1v) is 8.66. The van der Waals surface area contributed by atoms with Crippen LogP contribution in [0.4, 0.5) is 0 Å². The van der Waals surface area contributed by atoms with Crippen molar-refractivity contribution >= 4 is 5.91 Å². The molecule has 0 aliphatic rings. The van der Waals surface area contributed by atoms with E-state index in [9.17, 15) is 9.59 Å². The fourth-order valence-corrected chi connectivity index (χ4v) is 2.63. The summed E-state index contributed by atoms with van der Waals surface area (Å²) in [5, 5.41) is 0. The number of amides is 1. The summed E-state index contributed by atoms with van der Waals surface area (Å²) in [6.45, 7) is 1.74. The molecule has 1 heterocycles. The first-order valence-electron chi connectivity index (χ1n) is 8.66. The van der Waals surface area contributed by atoms with E-state index in [1.54, 1.807) is 29.8 Å². The van der Waals surface area contributed by atoms with Crippen molar-refractivity contribution in [2.24, 2.45) is 7.05 Å². The van der Waals surface area contributed by atoms with Gasteiger partial charge in [0, 0.05) is 32.9 Å². The summed E-state index contributed by atoms with van der Waals surface area (Å²) >= 11 is 0. The molecule has 140 valence electrons. The molecule has 0 spiro atoms. The number of benzene rings is 1. The molecule has 0 N–H and O–H groups in total. The van der Waals surface area contributed by atoms with Crippen molar-refractivity contribution in [3.05, 3.63) is 64.1 Å². The molecule has 2 rings (SSSR count). The van der Waals surface area contributed by atoms with Crippen LogP contribution in [0.1, 0.15) is 22.5 Å². The van der Waals surface area contributed by atoms with Crippen LogP contribution in [0, 0.1) is 0 Å². The number of carbonyl (C=O) groups is 1. The Morgan fingerprint density at radius 1 is 1.08 bits per heavy atom. The molecule has 0 aliphatic heterocycles. The molecule has 0 saturated heterocycles. The minimum atomic E-state index is -0.288. The Balaban J connectivity index is 2.19. The fourth-order valence-electron chi connectivity index (χ4n) is 2.63. The first kappa shape index (κ1) is 19.7. The molecule has 0 fully saturated rings. The van der Waals surface area contributed by atoms with Crippen LogP contribution in [0.5, 0.6) is 5.75 Å². The second-order valence-electron chi connectivity index (χ2n) is 6.63. The molecule has 0 atom stereocenters. The number of carbonyl (C=O) groups excluding carboxylic acids is 1. The Labute approximate surface area is 154 Å². The van der Waals surface area contributed by atoms with Gasteiger partial charge in [-0.05, 0) is 32.6 Å². The number of hydrogen-bond donors (Lipinski definition) is 0. The van der Waals surface area contributed by atoms with Crippen molar-refractivity contribution < 1.29 is 9.53 Å². The lowest BCUT2D eigenvalue weighted by molar-refractivity contribution is 0.0774. The van der Waals surface area contributed by atoms with E-state index in [1.165, 1.54) is 6.07 Å². The van der Waals surface area contributed by atoms with E-state index in [4.69, 9.17) is 4.74 Å². The Morgan fingerprint density at radius 2 is 1.77 bits per heavy atom. The zero-order chi connectivity index (χ0) is 19.1. The minimum Gasteiger partial charge on any atom is -0.483 e. The van der Waals surface area contributed by atoms with Crippen LogP contribution in [-0.4, -0.2) is 54.5 Å². The van der Waals surface area contributed by atoms with Crippen molar-refractivity contribution in [1.29, 1.82) is 0 Å². The summed E-state index contributed by atoms with van der Waals surface area (Å²) < 4.78 is 7.41. The molecule has 2 aromatic rings. The van der Waals surface area contributed by atoms with Crippen molar-refractivity contribution in [2.45, 2.75) is 13.0 Å². The number of nitrogens with zero attached hydrogens (tertiary/aromatic N) is 3. The van der Waals surface area contributed by atoms with Gasteiger partial charge >= 0.3 is 0 Å². The summed E-state index contributed by atoms with van der Waals surface area (Å²) in [5.74, 6) is -0.115. The summed E-state index contributed by atoms with van der Waals surface area (Å²) in [5.41, 5.74) is 0.931. The second kappa shape index (κ2) is 9.20. The molecule has 26 heavy (non-hydrogen) atoms. The predicted octanol–water partition coefficient (Wildman–Crippen LogP) is 1.99. The van der Waals surface area contributed by atoms with Gasteiger partial charge in [-0.15, -0.1) is 0 Å². The molecule has 6 heteroatoms. The van der Waals surface area contributed by atoms with Gasteiger partial charge in [0.05, 0.1) is 0 Å². The highest BCUT2D eigenvalue weighted by atomic mass is 16.5. The first-order chi connectivity index (χ1) is 12.4. The molecule has 0 radical (unpaired) electrons. The Hall–Kier alpha value is -2.60. The van der Waals surface area contributed by atoms with Gasteiger partial charge in [0.25, 0.3) is 5.91 Å². The number of aryl methyl sites for hydroxylation is 1. The molecule has 0 bridgehead atoms. The number of hydrogen-bond acceptors (Lipinski definition) is 4. The number of aromatic nitrogens is 1. The third-order valence-corrected chi connectivity index (χ3v) is 4.12. The quantitative estimate of drug-likeness (QED) is 0.725. The molecule has 1 aromatic carbocycles. The van der Waals surface area contributed by atoms with Gasteiger partial charge < -0.3 is 19.1 Å². The second-order valence-corrected chi connectivity index (χ2v) is 6.63. The monoisotopic (exact) mass is 357 g/mol. The van der Waals surface area contributed by atoms with Crippen LogP contribution in [0.25, 0.3) is 0 Å². The lowest BCUT2D eigenvalue weighted by atomic mass is 10.2. The van der Waals surface area contributed by atoms with Crippen molar-refractivity contribution in [1.82, 2.24) is 14.4 Å². The molecule has 0 saturated carbocycles. The van der Waals surface area contributed by atoms with Crippen LogP contribution in [0.2, 0.25) is 0 Å². The summed E-state index contributed by atoms with van der Waals surface area (Å²) in [6, 6.07) is 11.0. The highest BCUT2D eigenvalue weighted by Gasteiger charge is 2.22. The van der Waals surface area contributed by atoms with Gasteiger partial charge in [0.1, 0.15) is 6.61 Å². The van der Waals surface area contributed by atoms with E-state index in [2.05, 4.69) is 4.90 Å². The fraction of sp³-hybridized carbons (Fsp3) is 0.400. The number of ether oxygens (including phenoxy) is 1. The van der Waals surface area contributed by atoms with Crippen molar-refractivity contribution in [3.63, 3.8) is 0 Å². The molecule has 1 amide bonds. The minimum absolute atomic E-state index is 0.100. The average molecular weight is 357 g/mol. The summed E-state index contributed by atoms with van der Waals surface area (Å²) in [7, 11) is 7.49. The van der Waals surface area contributed by atoms with E-state index in [0.29, 0.717) is 6.54 Å². The van der Waals surface area contributed by atoms with Gasteiger partial charge in [0.2, 0.25) is 5.43 Å². The molecule has 0 unspecified atom stereocenters. The van der Waals surface area contributed by atoms with E-state index >= 15 is 0 Å². The maximum atomic E-state index is 12.9. The summed E-state index contributed by atoms with van der Waals surface area (Å²) in [4.78, 5) is 28.9. The Bertz CT molecular complexity index is 785. The smallest absolute Gasteiger partial charge is 0.274 e. The largest absolute Gasteiger partial charge is 0.483 e. The lowest BCUT2D eigenvalue weighted by Gasteiger charge is -2.21. The topological polar surface area (TPSA) is 54.8 Å². The maximum absolute atomic E-state index is 12.9. The average Bonchev–Trinajstić information content (AvgIpc) is 2.62.